The van der Waals surface area contributed by atoms with Crippen molar-refractivity contribution < 1.29 is 28.5 Å². The summed E-state index contributed by atoms with van der Waals surface area (Å²) < 4.78 is 21.9. The summed E-state index contributed by atoms with van der Waals surface area (Å²) in [6.45, 7) is 12.0. The fourth-order valence-corrected chi connectivity index (χ4v) is 3.58. The third-order valence-corrected chi connectivity index (χ3v) is 5.10. The van der Waals surface area contributed by atoms with Gasteiger partial charge in [-0.25, -0.2) is 0 Å². The van der Waals surface area contributed by atoms with Crippen LogP contribution in [0.4, 0.5) is 5.69 Å². The Morgan fingerprint density at radius 3 is 1.91 bits per heavy atom. The van der Waals surface area contributed by atoms with E-state index in [9.17, 15) is 9.59 Å². The maximum atomic E-state index is 12.1. The Kier molecular flexibility index (Phi) is 9.57. The van der Waals surface area contributed by atoms with Gasteiger partial charge in [0.15, 0.2) is 0 Å². The van der Waals surface area contributed by atoms with E-state index in [1.807, 2.05) is 44.2 Å². The highest BCUT2D eigenvalue weighted by atomic mass is 16.5. The van der Waals surface area contributed by atoms with Gasteiger partial charge in [-0.15, -0.1) is 0 Å². The number of carbonyl (C=O) groups is 2. The number of nitrogens with zero attached hydrogens (tertiary/aromatic N) is 1. The van der Waals surface area contributed by atoms with Crippen LogP contribution >= 0.6 is 0 Å². The van der Waals surface area contributed by atoms with Gasteiger partial charge in [0.05, 0.1) is 20.3 Å². The van der Waals surface area contributed by atoms with Crippen LogP contribution in [0.15, 0.2) is 30.3 Å². The number of ether oxygens (including phenoxy) is 4. The van der Waals surface area contributed by atoms with Crippen LogP contribution in [-0.4, -0.2) is 45.4 Å². The van der Waals surface area contributed by atoms with E-state index in [0.29, 0.717) is 5.75 Å². The van der Waals surface area contributed by atoms with E-state index in [2.05, 4.69) is 13.8 Å². The molecule has 0 amide bonds. The number of rotatable bonds is 11. The number of carbonyl (C=O) groups excluding carboxylic acids is 2. The third kappa shape index (κ3) is 7.14. The fourth-order valence-electron chi connectivity index (χ4n) is 3.58. The highest BCUT2D eigenvalue weighted by molar-refractivity contribution is 5.81. The molecule has 2 rings (SSSR count). The molecular weight excluding hydrogens is 422 g/mol. The van der Waals surface area contributed by atoms with E-state index >= 15 is 0 Å². The highest BCUT2D eigenvalue weighted by Crippen LogP contribution is 2.36. The van der Waals surface area contributed by atoms with Crippen molar-refractivity contribution in [3.05, 3.63) is 47.0 Å². The molecule has 0 unspecified atom stereocenters. The Morgan fingerprint density at radius 2 is 1.45 bits per heavy atom. The molecule has 0 aliphatic heterocycles. The molecule has 2 aromatic carbocycles. The van der Waals surface area contributed by atoms with Crippen LogP contribution in [-0.2, 0) is 19.1 Å². The zero-order valence-electron chi connectivity index (χ0n) is 20.7. The van der Waals surface area contributed by atoms with Crippen molar-refractivity contribution in [2.75, 3.05) is 38.3 Å². The lowest BCUT2D eigenvalue weighted by Gasteiger charge is -2.25. The maximum absolute atomic E-state index is 12.1. The quantitative estimate of drug-likeness (QED) is 0.432. The molecule has 0 heterocycles. The van der Waals surface area contributed by atoms with Crippen LogP contribution in [0.25, 0.3) is 0 Å². The van der Waals surface area contributed by atoms with Crippen molar-refractivity contribution >= 4 is 17.6 Å². The van der Waals surface area contributed by atoms with Crippen molar-refractivity contribution in [3.8, 4) is 17.2 Å². The normalized spacial score (nSPS) is 10.7. The molecule has 7 heteroatoms. The molecule has 33 heavy (non-hydrogen) atoms. The molecular formula is C26H35NO6. The topological polar surface area (TPSA) is 74.3 Å². The monoisotopic (exact) mass is 457 g/mol. The first-order valence-electron chi connectivity index (χ1n) is 11.2. The molecule has 0 bridgehead atoms. The standard InChI is InChI=1S/C26H35NO6/c1-8-31-24(28)15-27(16-25(29)32-9-2)20-12-18(5)26(19(6)13-20)33-21-10-11-23(30-7)22(14-21)17(3)4/h10-14,17H,8-9,15-16H2,1-7H3. The van der Waals surface area contributed by atoms with Gasteiger partial charge in [0.2, 0.25) is 0 Å². The molecule has 0 N–H and O–H groups in total. The summed E-state index contributed by atoms with van der Waals surface area (Å²) in [4.78, 5) is 25.9. The van der Waals surface area contributed by atoms with Crippen LogP contribution in [0.5, 0.6) is 17.2 Å². The van der Waals surface area contributed by atoms with Crippen LogP contribution in [0.3, 0.4) is 0 Å². The lowest BCUT2D eigenvalue weighted by Crippen LogP contribution is -2.36. The van der Waals surface area contributed by atoms with Gasteiger partial charge in [-0.05, 0) is 75.1 Å². The van der Waals surface area contributed by atoms with Gasteiger partial charge >= 0.3 is 11.9 Å². The Balaban J connectivity index is 2.35. The van der Waals surface area contributed by atoms with Gasteiger partial charge in [-0.1, -0.05) is 13.8 Å². The summed E-state index contributed by atoms with van der Waals surface area (Å²) in [5.41, 5.74) is 3.54. The van der Waals surface area contributed by atoms with E-state index in [-0.39, 0.29) is 32.2 Å². The molecule has 0 saturated heterocycles. The lowest BCUT2D eigenvalue weighted by molar-refractivity contribution is -0.142. The van der Waals surface area contributed by atoms with Crippen LogP contribution in [0, 0.1) is 13.8 Å². The molecule has 0 spiro atoms. The molecule has 0 saturated carbocycles. The summed E-state index contributed by atoms with van der Waals surface area (Å²) >= 11 is 0. The van der Waals surface area contributed by atoms with E-state index in [0.717, 1.165) is 33.9 Å². The summed E-state index contributed by atoms with van der Waals surface area (Å²) in [5.74, 6) is 1.75. The number of benzene rings is 2. The summed E-state index contributed by atoms with van der Waals surface area (Å²) in [6, 6.07) is 9.57. The minimum Gasteiger partial charge on any atom is -0.496 e. The zero-order valence-corrected chi connectivity index (χ0v) is 20.7. The smallest absolute Gasteiger partial charge is 0.325 e. The molecule has 0 radical (unpaired) electrons. The van der Waals surface area contributed by atoms with E-state index in [4.69, 9.17) is 18.9 Å². The summed E-state index contributed by atoms with van der Waals surface area (Å²) in [6.07, 6.45) is 0. The number of aryl methyl sites for hydroxylation is 2. The minimum atomic E-state index is -0.406. The predicted molar refractivity (Wildman–Crippen MR) is 129 cm³/mol. The number of methoxy groups -OCH3 is 1. The second kappa shape index (κ2) is 12.1. The molecule has 0 aliphatic rings. The fraction of sp³-hybridized carbons (Fsp3) is 0.462. The molecule has 0 aliphatic carbocycles. The van der Waals surface area contributed by atoms with E-state index in [1.54, 1.807) is 25.9 Å². The SMILES string of the molecule is CCOC(=O)CN(CC(=O)OCC)c1cc(C)c(Oc2ccc(OC)c(C(C)C)c2)c(C)c1. The first-order valence-corrected chi connectivity index (χ1v) is 11.2. The van der Waals surface area contributed by atoms with Crippen LogP contribution < -0.4 is 14.4 Å². The summed E-state index contributed by atoms with van der Waals surface area (Å²) in [7, 11) is 1.66. The molecule has 0 atom stereocenters. The lowest BCUT2D eigenvalue weighted by atomic mass is 10.0. The van der Waals surface area contributed by atoms with Gasteiger partial charge in [-0.2, -0.15) is 0 Å². The van der Waals surface area contributed by atoms with Crippen molar-refractivity contribution in [1.82, 2.24) is 0 Å². The average molecular weight is 458 g/mol. The van der Waals surface area contributed by atoms with Crippen molar-refractivity contribution in [3.63, 3.8) is 0 Å². The first-order chi connectivity index (χ1) is 15.7. The second-order valence-electron chi connectivity index (χ2n) is 8.04. The van der Waals surface area contributed by atoms with Gasteiger partial charge in [0.1, 0.15) is 30.3 Å². The largest absolute Gasteiger partial charge is 0.496 e. The van der Waals surface area contributed by atoms with Crippen molar-refractivity contribution in [1.29, 1.82) is 0 Å². The average Bonchev–Trinajstić information content (AvgIpc) is 2.75. The number of esters is 2. The van der Waals surface area contributed by atoms with Crippen LogP contribution in [0.1, 0.15) is 50.3 Å². The molecule has 0 fully saturated rings. The predicted octanol–water partition coefficient (Wildman–Crippen LogP) is 5.16. The number of hydrogen-bond acceptors (Lipinski definition) is 7. The van der Waals surface area contributed by atoms with Gasteiger partial charge in [-0.3, -0.25) is 9.59 Å². The summed E-state index contributed by atoms with van der Waals surface area (Å²) in [5, 5.41) is 0. The van der Waals surface area contributed by atoms with Gasteiger partial charge < -0.3 is 23.8 Å². The van der Waals surface area contributed by atoms with Gasteiger partial charge in [0, 0.05) is 11.3 Å². The Labute approximate surface area is 196 Å². The Bertz CT molecular complexity index is 926. The molecule has 0 aromatic heterocycles. The number of hydrogen-bond donors (Lipinski definition) is 0. The van der Waals surface area contributed by atoms with E-state index in [1.165, 1.54) is 0 Å². The minimum absolute atomic E-state index is 0.0536. The second-order valence-corrected chi connectivity index (χ2v) is 8.04. The van der Waals surface area contributed by atoms with Gasteiger partial charge in [0.25, 0.3) is 0 Å². The van der Waals surface area contributed by atoms with Crippen molar-refractivity contribution in [2.24, 2.45) is 0 Å². The maximum Gasteiger partial charge on any atom is 0.325 e. The van der Waals surface area contributed by atoms with E-state index < -0.39 is 11.9 Å². The molecule has 7 nitrogen and oxygen atoms in total. The third-order valence-electron chi connectivity index (χ3n) is 5.10. The zero-order chi connectivity index (χ0) is 24.5. The number of anilines is 1. The first kappa shape index (κ1) is 26.0. The van der Waals surface area contributed by atoms with Crippen molar-refractivity contribution in [2.45, 2.75) is 47.5 Å². The Morgan fingerprint density at radius 1 is 0.909 bits per heavy atom. The molecule has 180 valence electrons. The Hall–Kier alpha value is -3.22. The highest BCUT2D eigenvalue weighted by Gasteiger charge is 2.19. The van der Waals surface area contributed by atoms with Crippen LogP contribution in [0.2, 0.25) is 0 Å². The molecule has 2 aromatic rings.